The van der Waals surface area contributed by atoms with Crippen molar-refractivity contribution in [3.8, 4) is 0 Å². The van der Waals surface area contributed by atoms with Crippen LogP contribution in [0.5, 0.6) is 0 Å². The van der Waals surface area contributed by atoms with Gasteiger partial charge in [0.2, 0.25) is 5.91 Å². The van der Waals surface area contributed by atoms with E-state index in [1.165, 1.54) is 0 Å². The van der Waals surface area contributed by atoms with Gasteiger partial charge in [-0.3, -0.25) is 9.10 Å². The van der Waals surface area contributed by atoms with E-state index in [1.807, 2.05) is 26.0 Å². The molecule has 132 valence electrons. The molecule has 0 saturated carbocycles. The van der Waals surface area contributed by atoms with Gasteiger partial charge in [0.1, 0.15) is 6.54 Å². The maximum atomic E-state index is 13.1. The van der Waals surface area contributed by atoms with Crippen molar-refractivity contribution >= 4 is 21.6 Å². The minimum atomic E-state index is -3.87. The highest BCUT2D eigenvalue weighted by Crippen LogP contribution is 2.26. The van der Waals surface area contributed by atoms with E-state index in [0.29, 0.717) is 5.69 Å². The Hall–Kier alpha value is -2.60. The number of sulfonamides is 1. The maximum absolute atomic E-state index is 13.1. The van der Waals surface area contributed by atoms with Gasteiger partial charge in [0, 0.05) is 6.54 Å². The van der Waals surface area contributed by atoms with E-state index in [0.717, 1.165) is 15.4 Å². The summed E-state index contributed by atoms with van der Waals surface area (Å²) >= 11 is 0. The molecule has 1 N–H and O–H groups in total. The smallest absolute Gasteiger partial charge is 0.264 e. The molecule has 0 aromatic heterocycles. The van der Waals surface area contributed by atoms with Crippen molar-refractivity contribution in [2.45, 2.75) is 18.7 Å². The van der Waals surface area contributed by atoms with Gasteiger partial charge in [-0.05, 0) is 37.6 Å². The first kappa shape index (κ1) is 18.7. The van der Waals surface area contributed by atoms with Crippen LogP contribution in [0.15, 0.2) is 66.1 Å². The molecule has 0 bridgehead atoms. The van der Waals surface area contributed by atoms with Crippen LogP contribution in [0.1, 0.15) is 11.1 Å². The molecule has 2 aromatic rings. The van der Waals surface area contributed by atoms with Crippen LogP contribution in [-0.4, -0.2) is 27.4 Å². The summed E-state index contributed by atoms with van der Waals surface area (Å²) in [4.78, 5) is 12.3. The van der Waals surface area contributed by atoms with Crippen molar-refractivity contribution in [2.24, 2.45) is 0 Å². The van der Waals surface area contributed by atoms with Crippen molar-refractivity contribution < 1.29 is 13.2 Å². The summed E-state index contributed by atoms with van der Waals surface area (Å²) in [6, 6.07) is 13.7. The first-order valence-electron chi connectivity index (χ1n) is 7.89. The first-order valence-corrected chi connectivity index (χ1v) is 9.33. The lowest BCUT2D eigenvalue weighted by Crippen LogP contribution is -2.41. The Balaban J connectivity index is 2.46. The standard InChI is InChI=1S/C19H22N2O3S/c1-4-13-20-19(22)14-21(18-8-6-5-7-16(18)3)25(23,24)17-11-9-15(2)10-12-17/h4-12H,1,13-14H2,2-3H3,(H,20,22). The lowest BCUT2D eigenvalue weighted by atomic mass is 10.2. The molecule has 0 radical (unpaired) electrons. The monoisotopic (exact) mass is 358 g/mol. The highest BCUT2D eigenvalue weighted by molar-refractivity contribution is 7.92. The molecule has 0 aliphatic heterocycles. The molecule has 2 aromatic carbocycles. The van der Waals surface area contributed by atoms with Gasteiger partial charge in [-0.2, -0.15) is 0 Å². The minimum absolute atomic E-state index is 0.151. The Labute approximate surface area is 149 Å². The number of rotatable bonds is 7. The topological polar surface area (TPSA) is 66.5 Å². The van der Waals surface area contributed by atoms with Crippen molar-refractivity contribution in [1.82, 2.24) is 5.32 Å². The second-order valence-electron chi connectivity index (χ2n) is 5.70. The second kappa shape index (κ2) is 7.98. The van der Waals surface area contributed by atoms with Crippen LogP contribution in [0.25, 0.3) is 0 Å². The van der Waals surface area contributed by atoms with Crippen LogP contribution < -0.4 is 9.62 Å². The predicted octanol–water partition coefficient (Wildman–Crippen LogP) is 2.80. The quantitative estimate of drug-likeness (QED) is 0.774. The number of aryl methyl sites for hydroxylation is 2. The SMILES string of the molecule is C=CCNC(=O)CN(c1ccccc1C)S(=O)(=O)c1ccc(C)cc1. The van der Waals surface area contributed by atoms with Crippen molar-refractivity contribution in [2.75, 3.05) is 17.4 Å². The average molecular weight is 358 g/mol. The molecule has 0 aliphatic carbocycles. The summed E-state index contributed by atoms with van der Waals surface area (Å²) in [5, 5.41) is 2.62. The molecule has 0 aliphatic rings. The number of hydrogen-bond acceptors (Lipinski definition) is 3. The fourth-order valence-electron chi connectivity index (χ4n) is 2.35. The van der Waals surface area contributed by atoms with Gasteiger partial charge < -0.3 is 5.32 Å². The lowest BCUT2D eigenvalue weighted by Gasteiger charge is -2.25. The molecule has 0 fully saturated rings. The summed E-state index contributed by atoms with van der Waals surface area (Å²) in [6.07, 6.45) is 1.55. The number of nitrogens with zero attached hydrogens (tertiary/aromatic N) is 1. The summed E-state index contributed by atoms with van der Waals surface area (Å²) in [6.45, 7) is 7.23. The molecule has 0 saturated heterocycles. The zero-order chi connectivity index (χ0) is 18.4. The summed E-state index contributed by atoms with van der Waals surface area (Å²) in [7, 11) is -3.87. The van der Waals surface area contributed by atoms with E-state index in [-0.39, 0.29) is 23.9 Å². The number of benzene rings is 2. The van der Waals surface area contributed by atoms with Gasteiger partial charge in [0.15, 0.2) is 0 Å². The van der Waals surface area contributed by atoms with Crippen molar-refractivity contribution in [3.63, 3.8) is 0 Å². The number of carbonyl (C=O) groups is 1. The number of hydrogen-bond donors (Lipinski definition) is 1. The highest BCUT2D eigenvalue weighted by atomic mass is 32.2. The molecule has 6 heteroatoms. The van der Waals surface area contributed by atoms with Gasteiger partial charge in [-0.1, -0.05) is 42.0 Å². The molecule has 0 unspecified atom stereocenters. The van der Waals surface area contributed by atoms with Gasteiger partial charge in [-0.15, -0.1) is 6.58 Å². The number of para-hydroxylation sites is 1. The largest absolute Gasteiger partial charge is 0.351 e. The predicted molar refractivity (Wildman–Crippen MR) is 100 cm³/mol. The Morgan fingerprint density at radius 3 is 2.36 bits per heavy atom. The molecular weight excluding hydrogens is 336 g/mol. The van der Waals surface area contributed by atoms with Gasteiger partial charge in [0.25, 0.3) is 10.0 Å². The van der Waals surface area contributed by atoms with Crippen LogP contribution in [0.2, 0.25) is 0 Å². The van der Waals surface area contributed by atoms with Crippen LogP contribution in [-0.2, 0) is 14.8 Å². The van der Waals surface area contributed by atoms with Crippen LogP contribution in [0, 0.1) is 13.8 Å². The number of amides is 1. The van der Waals surface area contributed by atoms with E-state index < -0.39 is 10.0 Å². The zero-order valence-electron chi connectivity index (χ0n) is 14.4. The van der Waals surface area contributed by atoms with E-state index >= 15 is 0 Å². The summed E-state index contributed by atoms with van der Waals surface area (Å²) < 4.78 is 27.4. The molecule has 1 amide bonds. The minimum Gasteiger partial charge on any atom is -0.351 e. The Kier molecular flexibility index (Phi) is 5.98. The van der Waals surface area contributed by atoms with E-state index in [4.69, 9.17) is 0 Å². The molecule has 0 heterocycles. The third-order valence-electron chi connectivity index (χ3n) is 3.72. The van der Waals surface area contributed by atoms with E-state index in [2.05, 4.69) is 11.9 Å². The van der Waals surface area contributed by atoms with Crippen LogP contribution >= 0.6 is 0 Å². The Bertz CT molecular complexity index is 858. The molecule has 2 rings (SSSR count). The molecular formula is C19H22N2O3S. The van der Waals surface area contributed by atoms with E-state index in [1.54, 1.807) is 42.5 Å². The molecule has 5 nitrogen and oxygen atoms in total. The molecule has 0 atom stereocenters. The maximum Gasteiger partial charge on any atom is 0.264 e. The fraction of sp³-hybridized carbons (Fsp3) is 0.211. The average Bonchev–Trinajstić information content (AvgIpc) is 2.59. The molecule has 0 spiro atoms. The lowest BCUT2D eigenvalue weighted by molar-refractivity contribution is -0.119. The number of anilines is 1. The number of nitrogens with one attached hydrogen (secondary N) is 1. The van der Waals surface area contributed by atoms with Crippen LogP contribution in [0.3, 0.4) is 0 Å². The second-order valence-corrected chi connectivity index (χ2v) is 7.57. The zero-order valence-corrected chi connectivity index (χ0v) is 15.2. The third-order valence-corrected chi connectivity index (χ3v) is 5.50. The summed E-state index contributed by atoms with van der Waals surface area (Å²) in [5.41, 5.74) is 2.22. The summed E-state index contributed by atoms with van der Waals surface area (Å²) in [5.74, 6) is -0.390. The van der Waals surface area contributed by atoms with Crippen LogP contribution in [0.4, 0.5) is 5.69 Å². The van der Waals surface area contributed by atoms with Gasteiger partial charge >= 0.3 is 0 Å². The van der Waals surface area contributed by atoms with E-state index in [9.17, 15) is 13.2 Å². The fourth-order valence-corrected chi connectivity index (χ4v) is 3.84. The first-order chi connectivity index (χ1) is 11.9. The van der Waals surface area contributed by atoms with Crippen molar-refractivity contribution in [3.05, 3.63) is 72.3 Å². The highest BCUT2D eigenvalue weighted by Gasteiger charge is 2.27. The normalized spacial score (nSPS) is 11.0. The Morgan fingerprint density at radius 2 is 1.76 bits per heavy atom. The number of carbonyl (C=O) groups excluding carboxylic acids is 1. The Morgan fingerprint density at radius 1 is 1.12 bits per heavy atom. The molecule has 25 heavy (non-hydrogen) atoms. The van der Waals surface area contributed by atoms with Crippen molar-refractivity contribution in [1.29, 1.82) is 0 Å². The van der Waals surface area contributed by atoms with Gasteiger partial charge in [0.05, 0.1) is 10.6 Å². The van der Waals surface area contributed by atoms with Gasteiger partial charge in [-0.25, -0.2) is 8.42 Å². The third kappa shape index (κ3) is 4.48.